The highest BCUT2D eigenvalue weighted by Gasteiger charge is 2.27. The zero-order valence-electron chi connectivity index (χ0n) is 11.4. The fourth-order valence-electron chi connectivity index (χ4n) is 2.20. The Morgan fingerprint density at radius 3 is 2.89 bits per heavy atom. The zero-order chi connectivity index (χ0) is 13.2. The third kappa shape index (κ3) is 2.45. The molecule has 0 aromatic carbocycles. The van der Waals surface area contributed by atoms with Crippen LogP contribution in [-0.2, 0) is 6.54 Å². The summed E-state index contributed by atoms with van der Waals surface area (Å²) in [4.78, 5) is 13.7. The van der Waals surface area contributed by atoms with Gasteiger partial charge in [0.15, 0.2) is 5.82 Å². The Kier molecular flexibility index (Phi) is 3.19. The van der Waals surface area contributed by atoms with Crippen molar-refractivity contribution in [3.8, 4) is 11.5 Å². The third-order valence-corrected chi connectivity index (χ3v) is 3.35. The zero-order valence-corrected chi connectivity index (χ0v) is 11.4. The van der Waals surface area contributed by atoms with E-state index in [2.05, 4.69) is 26.8 Å². The molecule has 0 atom stereocenters. The van der Waals surface area contributed by atoms with E-state index in [4.69, 9.17) is 4.98 Å². The number of hydrogen-bond donors (Lipinski definition) is 1. The van der Waals surface area contributed by atoms with Gasteiger partial charge in [-0.1, -0.05) is 6.92 Å². The highest BCUT2D eigenvalue weighted by atomic mass is 15.1. The summed E-state index contributed by atoms with van der Waals surface area (Å²) in [7, 11) is 1.89. The Balaban J connectivity index is 2.02. The summed E-state index contributed by atoms with van der Waals surface area (Å²) in [5.41, 5.74) is 0.916. The smallest absolute Gasteiger partial charge is 0.158 e. The topological polar surface area (TPSA) is 55.6 Å². The maximum absolute atomic E-state index is 4.69. The SMILES string of the molecule is CCCn1ccnc1-c1cc(NC)nc(C2CC2)n1. The third-order valence-electron chi connectivity index (χ3n) is 3.35. The van der Waals surface area contributed by atoms with Gasteiger partial charge >= 0.3 is 0 Å². The van der Waals surface area contributed by atoms with E-state index < -0.39 is 0 Å². The highest BCUT2D eigenvalue weighted by molar-refractivity contribution is 5.56. The van der Waals surface area contributed by atoms with Gasteiger partial charge < -0.3 is 9.88 Å². The molecule has 0 bridgehead atoms. The van der Waals surface area contributed by atoms with Crippen molar-refractivity contribution in [2.24, 2.45) is 0 Å². The molecule has 0 spiro atoms. The molecule has 1 N–H and O–H groups in total. The van der Waals surface area contributed by atoms with Crippen LogP contribution in [0.1, 0.15) is 37.9 Å². The van der Waals surface area contributed by atoms with Gasteiger partial charge in [0.2, 0.25) is 0 Å². The lowest BCUT2D eigenvalue weighted by molar-refractivity contribution is 0.683. The van der Waals surface area contributed by atoms with Crippen LogP contribution in [0.4, 0.5) is 5.82 Å². The maximum Gasteiger partial charge on any atom is 0.158 e. The fraction of sp³-hybridized carbons (Fsp3) is 0.500. The van der Waals surface area contributed by atoms with E-state index in [0.29, 0.717) is 5.92 Å². The number of aryl methyl sites for hydroxylation is 1. The van der Waals surface area contributed by atoms with Gasteiger partial charge in [-0.25, -0.2) is 15.0 Å². The standard InChI is InChI=1S/C14H19N5/c1-3-7-19-8-6-16-14(19)11-9-12(15-2)18-13(17-11)10-4-5-10/h6,8-10H,3-5,7H2,1-2H3,(H,15,17,18). The van der Waals surface area contributed by atoms with Crippen LogP contribution in [0.5, 0.6) is 0 Å². The minimum atomic E-state index is 0.543. The highest BCUT2D eigenvalue weighted by Crippen LogP contribution is 2.39. The molecule has 2 aromatic heterocycles. The molecule has 3 rings (SSSR count). The Hall–Kier alpha value is -1.91. The molecule has 1 aliphatic carbocycles. The summed E-state index contributed by atoms with van der Waals surface area (Å²) in [5, 5.41) is 3.12. The molecule has 2 aromatic rings. The van der Waals surface area contributed by atoms with Crippen molar-refractivity contribution < 1.29 is 0 Å². The van der Waals surface area contributed by atoms with Crippen molar-refractivity contribution in [2.45, 2.75) is 38.6 Å². The largest absolute Gasteiger partial charge is 0.373 e. The van der Waals surface area contributed by atoms with Crippen LogP contribution in [0.15, 0.2) is 18.5 Å². The minimum Gasteiger partial charge on any atom is -0.373 e. The van der Waals surface area contributed by atoms with E-state index in [0.717, 1.165) is 36.1 Å². The van der Waals surface area contributed by atoms with Crippen molar-refractivity contribution in [1.82, 2.24) is 19.5 Å². The molecule has 0 saturated heterocycles. The second kappa shape index (κ2) is 4.99. The summed E-state index contributed by atoms with van der Waals surface area (Å²) in [5.74, 6) is 3.30. The van der Waals surface area contributed by atoms with Gasteiger partial charge in [0.1, 0.15) is 17.3 Å². The molecule has 2 heterocycles. The molecule has 0 amide bonds. The van der Waals surface area contributed by atoms with E-state index in [1.165, 1.54) is 12.8 Å². The molecule has 5 nitrogen and oxygen atoms in total. The number of nitrogens with zero attached hydrogens (tertiary/aromatic N) is 4. The van der Waals surface area contributed by atoms with Crippen LogP contribution < -0.4 is 5.32 Å². The van der Waals surface area contributed by atoms with Gasteiger partial charge in [-0.3, -0.25) is 0 Å². The predicted molar refractivity (Wildman–Crippen MR) is 75.1 cm³/mol. The van der Waals surface area contributed by atoms with E-state index in [9.17, 15) is 0 Å². The van der Waals surface area contributed by atoms with E-state index >= 15 is 0 Å². The van der Waals surface area contributed by atoms with E-state index in [1.54, 1.807) is 0 Å². The molecule has 1 saturated carbocycles. The number of anilines is 1. The number of rotatable bonds is 5. The average Bonchev–Trinajstić information content (AvgIpc) is 3.19. The van der Waals surface area contributed by atoms with Crippen LogP contribution >= 0.6 is 0 Å². The first-order chi connectivity index (χ1) is 9.31. The number of nitrogens with one attached hydrogen (secondary N) is 1. The van der Waals surface area contributed by atoms with Gasteiger partial charge in [0, 0.05) is 38.0 Å². The lowest BCUT2D eigenvalue weighted by atomic mass is 10.3. The van der Waals surface area contributed by atoms with E-state index in [-0.39, 0.29) is 0 Å². The summed E-state index contributed by atoms with van der Waals surface area (Å²) in [6, 6.07) is 1.97. The van der Waals surface area contributed by atoms with Crippen molar-refractivity contribution >= 4 is 5.82 Å². The molecule has 0 aliphatic heterocycles. The summed E-state index contributed by atoms with van der Waals surface area (Å²) >= 11 is 0. The molecule has 100 valence electrons. The van der Waals surface area contributed by atoms with Crippen LogP contribution in [0.3, 0.4) is 0 Å². The maximum atomic E-state index is 4.69. The monoisotopic (exact) mass is 257 g/mol. The van der Waals surface area contributed by atoms with Crippen LogP contribution in [0, 0.1) is 0 Å². The molecule has 19 heavy (non-hydrogen) atoms. The Labute approximate surface area is 113 Å². The van der Waals surface area contributed by atoms with Crippen LogP contribution in [0.2, 0.25) is 0 Å². The normalized spacial score (nSPS) is 14.6. The van der Waals surface area contributed by atoms with Gasteiger partial charge in [0.25, 0.3) is 0 Å². The first kappa shape index (κ1) is 12.1. The second-order valence-corrected chi connectivity index (χ2v) is 4.97. The number of imidazole rings is 1. The first-order valence-electron chi connectivity index (χ1n) is 6.90. The molecule has 5 heteroatoms. The lowest BCUT2D eigenvalue weighted by Gasteiger charge is -2.09. The van der Waals surface area contributed by atoms with Gasteiger partial charge in [-0.2, -0.15) is 0 Å². The van der Waals surface area contributed by atoms with Crippen LogP contribution in [0.25, 0.3) is 11.5 Å². The molecule has 1 aliphatic rings. The number of aromatic nitrogens is 4. The van der Waals surface area contributed by atoms with Gasteiger partial charge in [0.05, 0.1) is 0 Å². The molecule has 0 radical (unpaired) electrons. The average molecular weight is 257 g/mol. The molecular formula is C14H19N5. The Morgan fingerprint density at radius 2 is 2.21 bits per heavy atom. The summed E-state index contributed by atoms with van der Waals surface area (Å²) < 4.78 is 2.15. The Bertz CT molecular complexity index is 571. The van der Waals surface area contributed by atoms with Crippen molar-refractivity contribution in [2.75, 3.05) is 12.4 Å². The Morgan fingerprint density at radius 1 is 1.37 bits per heavy atom. The molecular weight excluding hydrogens is 238 g/mol. The number of hydrogen-bond acceptors (Lipinski definition) is 4. The fourth-order valence-corrected chi connectivity index (χ4v) is 2.20. The summed E-state index contributed by atoms with van der Waals surface area (Å²) in [6.45, 7) is 3.13. The predicted octanol–water partition coefficient (Wildman–Crippen LogP) is 2.67. The molecule has 0 unspecified atom stereocenters. The van der Waals surface area contributed by atoms with Crippen molar-refractivity contribution in [1.29, 1.82) is 0 Å². The van der Waals surface area contributed by atoms with E-state index in [1.807, 2.05) is 25.5 Å². The van der Waals surface area contributed by atoms with Gasteiger partial charge in [-0.05, 0) is 19.3 Å². The summed E-state index contributed by atoms with van der Waals surface area (Å²) in [6.07, 6.45) is 7.34. The van der Waals surface area contributed by atoms with Crippen molar-refractivity contribution in [3.05, 3.63) is 24.3 Å². The minimum absolute atomic E-state index is 0.543. The molecule has 1 fully saturated rings. The van der Waals surface area contributed by atoms with Gasteiger partial charge in [-0.15, -0.1) is 0 Å². The quantitative estimate of drug-likeness (QED) is 0.894. The first-order valence-corrected chi connectivity index (χ1v) is 6.90. The second-order valence-electron chi connectivity index (χ2n) is 4.97. The van der Waals surface area contributed by atoms with Crippen molar-refractivity contribution in [3.63, 3.8) is 0 Å². The van der Waals surface area contributed by atoms with Crippen LogP contribution in [-0.4, -0.2) is 26.6 Å². The lowest BCUT2D eigenvalue weighted by Crippen LogP contribution is -2.04.